The Morgan fingerprint density at radius 1 is 1.35 bits per heavy atom. The van der Waals surface area contributed by atoms with Crippen molar-refractivity contribution in [3.63, 3.8) is 0 Å². The van der Waals surface area contributed by atoms with Crippen molar-refractivity contribution in [1.29, 1.82) is 0 Å². The highest BCUT2D eigenvalue weighted by Gasteiger charge is 2.14. The highest BCUT2D eigenvalue weighted by atomic mass is 32.1. The maximum atomic E-state index is 11.8. The Balaban J connectivity index is 2.15. The summed E-state index contributed by atoms with van der Waals surface area (Å²) in [6, 6.07) is 0. The average Bonchev–Trinajstić information content (AvgIpc) is 2.95. The summed E-state index contributed by atoms with van der Waals surface area (Å²) in [6.45, 7) is 4.99. The van der Waals surface area contributed by atoms with Crippen LogP contribution in [0.2, 0.25) is 0 Å². The number of carbonyl (C=O) groups is 1. The number of hydrogen-bond donors (Lipinski definition) is 1. The quantitative estimate of drug-likeness (QED) is 0.868. The highest BCUT2D eigenvalue weighted by molar-refractivity contribution is 7.16. The molecule has 2 aromatic heterocycles. The summed E-state index contributed by atoms with van der Waals surface area (Å²) in [5, 5.41) is 11.4. The molecule has 7 nitrogen and oxygen atoms in total. The number of ether oxygens (including phenoxy) is 1. The Morgan fingerprint density at radius 3 is 2.95 bits per heavy atom. The van der Waals surface area contributed by atoms with Crippen molar-refractivity contribution in [2.24, 2.45) is 0 Å². The van der Waals surface area contributed by atoms with E-state index in [1.54, 1.807) is 6.20 Å². The van der Waals surface area contributed by atoms with Gasteiger partial charge in [0.1, 0.15) is 5.69 Å². The molecule has 2 heterocycles. The van der Waals surface area contributed by atoms with Crippen molar-refractivity contribution in [3.05, 3.63) is 17.4 Å². The van der Waals surface area contributed by atoms with Gasteiger partial charge in [0.25, 0.3) is 5.91 Å². The maximum Gasteiger partial charge on any atom is 0.282 e. The molecule has 0 aliphatic heterocycles. The van der Waals surface area contributed by atoms with Gasteiger partial charge < -0.3 is 10.1 Å². The summed E-state index contributed by atoms with van der Waals surface area (Å²) in [4.78, 5) is 20.0. The lowest BCUT2D eigenvalue weighted by Crippen LogP contribution is -2.23. The third kappa shape index (κ3) is 3.47. The van der Waals surface area contributed by atoms with Gasteiger partial charge in [-0.25, -0.2) is 4.98 Å². The van der Waals surface area contributed by atoms with Gasteiger partial charge in [0.05, 0.1) is 19.0 Å². The Kier molecular flexibility index (Phi) is 4.94. The van der Waals surface area contributed by atoms with Crippen LogP contribution in [0.25, 0.3) is 10.7 Å². The molecule has 0 fully saturated rings. The van der Waals surface area contributed by atoms with E-state index in [2.05, 4.69) is 25.5 Å². The van der Waals surface area contributed by atoms with Crippen molar-refractivity contribution in [2.75, 3.05) is 13.2 Å². The molecule has 0 atom stereocenters. The van der Waals surface area contributed by atoms with E-state index in [0.717, 1.165) is 6.42 Å². The number of hydrogen-bond acceptors (Lipinski definition) is 7. The fraction of sp³-hybridized carbons (Fsp3) is 0.417. The molecule has 0 aliphatic rings. The van der Waals surface area contributed by atoms with Crippen LogP contribution in [0, 0.1) is 0 Å². The Bertz CT molecular complexity index is 587. The van der Waals surface area contributed by atoms with Crippen LogP contribution in [0.1, 0.15) is 30.1 Å². The molecule has 20 heavy (non-hydrogen) atoms. The van der Waals surface area contributed by atoms with Gasteiger partial charge in [-0.15, -0.1) is 10.2 Å². The van der Waals surface area contributed by atoms with Crippen LogP contribution in [0.5, 0.6) is 5.88 Å². The van der Waals surface area contributed by atoms with Gasteiger partial charge in [-0.05, 0) is 13.3 Å². The van der Waals surface area contributed by atoms with E-state index < -0.39 is 0 Å². The molecule has 0 unspecified atom stereocenters. The third-order valence-electron chi connectivity index (χ3n) is 2.28. The number of nitrogens with zero attached hydrogens (tertiary/aromatic N) is 4. The zero-order valence-electron chi connectivity index (χ0n) is 11.3. The smallest absolute Gasteiger partial charge is 0.282 e. The van der Waals surface area contributed by atoms with Crippen LogP contribution < -0.4 is 10.1 Å². The van der Waals surface area contributed by atoms with Gasteiger partial charge in [0.15, 0.2) is 5.01 Å². The van der Waals surface area contributed by atoms with Gasteiger partial charge >= 0.3 is 0 Å². The van der Waals surface area contributed by atoms with E-state index in [9.17, 15) is 4.79 Å². The summed E-state index contributed by atoms with van der Waals surface area (Å²) in [7, 11) is 0. The summed E-state index contributed by atoms with van der Waals surface area (Å²) in [5.41, 5.74) is 0.544. The molecule has 0 radical (unpaired) electrons. The molecule has 0 aliphatic carbocycles. The third-order valence-corrected chi connectivity index (χ3v) is 3.22. The molecule has 0 saturated carbocycles. The van der Waals surface area contributed by atoms with Crippen LogP contribution in [-0.2, 0) is 0 Å². The van der Waals surface area contributed by atoms with Crippen molar-refractivity contribution in [3.8, 4) is 16.6 Å². The van der Waals surface area contributed by atoms with Gasteiger partial charge in [-0.2, -0.15) is 0 Å². The lowest BCUT2D eigenvalue weighted by molar-refractivity contribution is 0.0952. The molecule has 0 aromatic carbocycles. The van der Waals surface area contributed by atoms with Crippen LogP contribution in [0.3, 0.4) is 0 Å². The van der Waals surface area contributed by atoms with E-state index in [-0.39, 0.29) is 5.91 Å². The predicted molar refractivity (Wildman–Crippen MR) is 74.7 cm³/mol. The second-order valence-electron chi connectivity index (χ2n) is 3.84. The first-order chi connectivity index (χ1) is 9.74. The molecular weight excluding hydrogens is 278 g/mol. The number of carbonyl (C=O) groups excluding carboxylic acids is 1. The molecule has 2 rings (SSSR count). The molecule has 0 bridgehead atoms. The SMILES string of the molecule is CCCNC(=O)c1nnc(-c2cncc(OCC)n2)s1. The first-order valence-electron chi connectivity index (χ1n) is 6.31. The first kappa shape index (κ1) is 14.3. The molecule has 106 valence electrons. The summed E-state index contributed by atoms with van der Waals surface area (Å²) in [5.74, 6) is 0.210. The van der Waals surface area contributed by atoms with E-state index in [1.807, 2.05) is 13.8 Å². The molecular formula is C12H15N5O2S. The Morgan fingerprint density at radius 2 is 2.20 bits per heavy atom. The van der Waals surface area contributed by atoms with Gasteiger partial charge in [-0.1, -0.05) is 18.3 Å². The zero-order chi connectivity index (χ0) is 14.4. The minimum Gasteiger partial charge on any atom is -0.477 e. The number of amides is 1. The maximum absolute atomic E-state index is 11.8. The van der Waals surface area contributed by atoms with Crippen molar-refractivity contribution >= 4 is 17.2 Å². The lowest BCUT2D eigenvalue weighted by atomic mass is 10.5. The van der Waals surface area contributed by atoms with Crippen LogP contribution in [0.4, 0.5) is 0 Å². The van der Waals surface area contributed by atoms with Gasteiger partial charge in [0.2, 0.25) is 10.9 Å². The molecule has 1 amide bonds. The molecule has 0 saturated heterocycles. The van der Waals surface area contributed by atoms with E-state index in [4.69, 9.17) is 4.74 Å². The highest BCUT2D eigenvalue weighted by Crippen LogP contribution is 2.22. The fourth-order valence-corrected chi connectivity index (χ4v) is 2.12. The summed E-state index contributed by atoms with van der Waals surface area (Å²) < 4.78 is 5.28. The molecule has 1 N–H and O–H groups in total. The van der Waals surface area contributed by atoms with Crippen molar-refractivity contribution in [2.45, 2.75) is 20.3 Å². The van der Waals surface area contributed by atoms with Crippen LogP contribution in [-0.4, -0.2) is 39.2 Å². The molecule has 8 heteroatoms. The van der Waals surface area contributed by atoms with Crippen molar-refractivity contribution < 1.29 is 9.53 Å². The summed E-state index contributed by atoms with van der Waals surface area (Å²) >= 11 is 1.18. The second kappa shape index (κ2) is 6.90. The summed E-state index contributed by atoms with van der Waals surface area (Å²) in [6.07, 6.45) is 3.97. The standard InChI is InChI=1S/C12H15N5O2S/c1-3-5-14-10(18)12-17-16-11(20-12)8-6-13-7-9(15-8)19-4-2/h6-7H,3-5H2,1-2H3,(H,14,18). The predicted octanol–water partition coefficient (Wildman–Crippen LogP) is 1.53. The van der Waals surface area contributed by atoms with Gasteiger partial charge in [-0.3, -0.25) is 9.78 Å². The second-order valence-corrected chi connectivity index (χ2v) is 4.82. The van der Waals surface area contributed by atoms with Crippen LogP contribution >= 0.6 is 11.3 Å². The largest absolute Gasteiger partial charge is 0.477 e. The Hall–Kier alpha value is -2.09. The van der Waals surface area contributed by atoms with Crippen molar-refractivity contribution in [1.82, 2.24) is 25.5 Å². The topological polar surface area (TPSA) is 89.9 Å². The molecule has 2 aromatic rings. The first-order valence-corrected chi connectivity index (χ1v) is 7.13. The monoisotopic (exact) mass is 293 g/mol. The van der Waals surface area contributed by atoms with E-state index >= 15 is 0 Å². The average molecular weight is 293 g/mol. The zero-order valence-corrected chi connectivity index (χ0v) is 12.1. The molecule has 0 spiro atoms. The minimum atomic E-state index is -0.218. The Labute approximate surface area is 120 Å². The van der Waals surface area contributed by atoms with E-state index in [0.29, 0.717) is 34.7 Å². The van der Waals surface area contributed by atoms with Gasteiger partial charge in [0, 0.05) is 6.54 Å². The number of aromatic nitrogens is 4. The normalized spacial score (nSPS) is 10.3. The van der Waals surface area contributed by atoms with E-state index in [1.165, 1.54) is 17.5 Å². The fourth-order valence-electron chi connectivity index (χ4n) is 1.40. The lowest BCUT2D eigenvalue weighted by Gasteiger charge is -2.01. The minimum absolute atomic E-state index is 0.218. The number of rotatable bonds is 6. The number of nitrogens with one attached hydrogen (secondary N) is 1. The van der Waals surface area contributed by atoms with Crippen LogP contribution in [0.15, 0.2) is 12.4 Å².